The summed E-state index contributed by atoms with van der Waals surface area (Å²) in [6.45, 7) is 0. The first kappa shape index (κ1) is 20.2. The Morgan fingerprint density at radius 2 is 1.71 bits per heavy atom. The highest BCUT2D eigenvalue weighted by Crippen LogP contribution is 2.27. The molecule has 1 aromatic heterocycles. The molecule has 0 aliphatic heterocycles. The van der Waals surface area contributed by atoms with Crippen LogP contribution in [0.15, 0.2) is 91.1 Å². The average Bonchev–Trinajstić information content (AvgIpc) is 3.26. The lowest BCUT2D eigenvalue weighted by Gasteiger charge is -2.16. The summed E-state index contributed by atoms with van der Waals surface area (Å²) in [7, 11) is 1.58. The van der Waals surface area contributed by atoms with Crippen LogP contribution in [0, 0.1) is 0 Å². The quantitative estimate of drug-likeness (QED) is 0.253. The molecule has 154 valence electrons. The summed E-state index contributed by atoms with van der Waals surface area (Å²) in [5.41, 5.74) is 2.73. The van der Waals surface area contributed by atoms with Crippen molar-refractivity contribution in [1.29, 1.82) is 0 Å². The number of benzene rings is 3. The smallest absolute Gasteiger partial charge is 0.331 e. The second-order valence-electron chi connectivity index (χ2n) is 6.95. The molecule has 1 unspecified atom stereocenters. The third-order valence-electron chi connectivity index (χ3n) is 4.93. The Kier molecular flexibility index (Phi) is 5.94. The minimum absolute atomic E-state index is 0.285. The standard InChI is InChI=1S/C26H21NO4/c1-30-20-11-7-8-18(16-20)14-15-24(28)31-26(19-9-3-2-4-10-19)25(29)22-17-27-23-13-6-5-12-21(22)23/h2-17,26-27H,1H3. The maximum absolute atomic E-state index is 13.4. The first-order valence-electron chi connectivity index (χ1n) is 9.84. The average molecular weight is 411 g/mol. The zero-order valence-electron chi connectivity index (χ0n) is 16.9. The molecular weight excluding hydrogens is 390 g/mol. The predicted molar refractivity (Wildman–Crippen MR) is 120 cm³/mol. The Hall–Kier alpha value is -4.12. The van der Waals surface area contributed by atoms with Crippen LogP contribution in [0.25, 0.3) is 17.0 Å². The Morgan fingerprint density at radius 3 is 2.52 bits per heavy atom. The van der Waals surface area contributed by atoms with Crippen LogP contribution in [0.2, 0.25) is 0 Å². The van der Waals surface area contributed by atoms with E-state index in [1.165, 1.54) is 6.08 Å². The van der Waals surface area contributed by atoms with Crippen LogP contribution < -0.4 is 4.74 Å². The molecule has 0 radical (unpaired) electrons. The number of carbonyl (C=O) groups excluding carboxylic acids is 2. The van der Waals surface area contributed by atoms with E-state index in [0.29, 0.717) is 16.9 Å². The fourth-order valence-corrected chi connectivity index (χ4v) is 3.38. The summed E-state index contributed by atoms with van der Waals surface area (Å²) < 4.78 is 10.8. The van der Waals surface area contributed by atoms with Crippen molar-refractivity contribution in [3.8, 4) is 5.75 Å². The fourth-order valence-electron chi connectivity index (χ4n) is 3.38. The van der Waals surface area contributed by atoms with Crippen LogP contribution in [0.3, 0.4) is 0 Å². The van der Waals surface area contributed by atoms with Gasteiger partial charge in [-0.2, -0.15) is 0 Å². The van der Waals surface area contributed by atoms with Gasteiger partial charge in [0.2, 0.25) is 5.78 Å². The molecule has 0 aliphatic carbocycles. The molecule has 4 aromatic rings. The summed E-state index contributed by atoms with van der Waals surface area (Å²) >= 11 is 0. The topological polar surface area (TPSA) is 68.4 Å². The molecule has 0 bridgehead atoms. The molecule has 1 heterocycles. The number of nitrogens with one attached hydrogen (secondary N) is 1. The second-order valence-corrected chi connectivity index (χ2v) is 6.95. The maximum atomic E-state index is 13.4. The molecule has 5 heteroatoms. The van der Waals surface area contributed by atoms with Gasteiger partial charge in [0.1, 0.15) is 5.75 Å². The Bertz CT molecular complexity index is 1240. The van der Waals surface area contributed by atoms with E-state index in [0.717, 1.165) is 16.5 Å². The molecule has 3 aromatic carbocycles. The highest BCUT2D eigenvalue weighted by molar-refractivity contribution is 6.10. The predicted octanol–water partition coefficient (Wildman–Crippen LogP) is 5.36. The van der Waals surface area contributed by atoms with Gasteiger partial charge in [-0.05, 0) is 29.8 Å². The third kappa shape index (κ3) is 4.56. The van der Waals surface area contributed by atoms with E-state index in [4.69, 9.17) is 9.47 Å². The van der Waals surface area contributed by atoms with Gasteiger partial charge in [0, 0.05) is 34.3 Å². The lowest BCUT2D eigenvalue weighted by atomic mass is 9.99. The highest BCUT2D eigenvalue weighted by atomic mass is 16.5. The Balaban J connectivity index is 1.60. The van der Waals surface area contributed by atoms with Crippen molar-refractivity contribution < 1.29 is 19.1 Å². The lowest BCUT2D eigenvalue weighted by molar-refractivity contribution is -0.141. The molecule has 4 rings (SSSR count). The fraction of sp³-hybridized carbons (Fsp3) is 0.0769. The highest BCUT2D eigenvalue weighted by Gasteiger charge is 2.27. The number of ketones is 1. The van der Waals surface area contributed by atoms with E-state index < -0.39 is 12.1 Å². The van der Waals surface area contributed by atoms with Gasteiger partial charge < -0.3 is 14.5 Å². The van der Waals surface area contributed by atoms with Gasteiger partial charge in [-0.3, -0.25) is 4.79 Å². The summed E-state index contributed by atoms with van der Waals surface area (Å²) in [6.07, 6.45) is 3.54. The van der Waals surface area contributed by atoms with Gasteiger partial charge in [0.05, 0.1) is 7.11 Å². The van der Waals surface area contributed by atoms with E-state index in [1.807, 2.05) is 60.7 Å². The van der Waals surface area contributed by atoms with Crippen LogP contribution in [0.1, 0.15) is 27.6 Å². The van der Waals surface area contributed by atoms with E-state index in [9.17, 15) is 9.59 Å². The number of rotatable bonds is 7. The summed E-state index contributed by atoms with van der Waals surface area (Å²) in [5.74, 6) is -0.205. The zero-order valence-corrected chi connectivity index (χ0v) is 16.9. The van der Waals surface area contributed by atoms with Crippen molar-refractivity contribution in [1.82, 2.24) is 4.98 Å². The number of hydrogen-bond acceptors (Lipinski definition) is 4. The van der Waals surface area contributed by atoms with Crippen molar-refractivity contribution in [3.63, 3.8) is 0 Å². The van der Waals surface area contributed by atoms with E-state index in [2.05, 4.69) is 4.98 Å². The van der Waals surface area contributed by atoms with Crippen LogP contribution in [-0.2, 0) is 9.53 Å². The van der Waals surface area contributed by atoms with Gasteiger partial charge in [0.25, 0.3) is 0 Å². The Labute approximate surface area is 179 Å². The number of H-pyrrole nitrogens is 1. The van der Waals surface area contributed by atoms with Crippen LogP contribution in [-0.4, -0.2) is 23.8 Å². The van der Waals surface area contributed by atoms with Crippen LogP contribution >= 0.6 is 0 Å². The molecule has 5 nitrogen and oxygen atoms in total. The molecule has 0 saturated carbocycles. The van der Waals surface area contributed by atoms with Gasteiger partial charge in [-0.15, -0.1) is 0 Å². The molecule has 31 heavy (non-hydrogen) atoms. The third-order valence-corrected chi connectivity index (χ3v) is 4.93. The van der Waals surface area contributed by atoms with E-state index in [-0.39, 0.29) is 5.78 Å². The molecular formula is C26H21NO4. The van der Waals surface area contributed by atoms with Crippen molar-refractivity contribution in [2.24, 2.45) is 0 Å². The summed E-state index contributed by atoms with van der Waals surface area (Å²) in [6, 6.07) is 23.8. The number of ether oxygens (including phenoxy) is 2. The first-order valence-corrected chi connectivity index (χ1v) is 9.84. The van der Waals surface area contributed by atoms with Crippen molar-refractivity contribution >= 4 is 28.7 Å². The number of aromatic nitrogens is 1. The lowest BCUT2D eigenvalue weighted by Crippen LogP contribution is -2.19. The second kappa shape index (κ2) is 9.13. The minimum atomic E-state index is -1.05. The van der Waals surface area contributed by atoms with Gasteiger partial charge in [-0.1, -0.05) is 60.7 Å². The molecule has 0 amide bonds. The monoisotopic (exact) mass is 411 g/mol. The summed E-state index contributed by atoms with van der Waals surface area (Å²) in [5, 5.41) is 0.788. The number of fused-ring (bicyclic) bond motifs is 1. The first-order chi connectivity index (χ1) is 15.2. The number of carbonyl (C=O) groups is 2. The van der Waals surface area contributed by atoms with Crippen molar-refractivity contribution in [2.75, 3.05) is 7.11 Å². The number of para-hydroxylation sites is 1. The summed E-state index contributed by atoms with van der Waals surface area (Å²) in [4.78, 5) is 29.1. The van der Waals surface area contributed by atoms with Crippen molar-refractivity contribution in [2.45, 2.75) is 6.10 Å². The zero-order chi connectivity index (χ0) is 21.6. The molecule has 0 saturated heterocycles. The number of Topliss-reactive ketones (excluding diaryl/α,β-unsaturated/α-hetero) is 1. The van der Waals surface area contributed by atoms with E-state index >= 15 is 0 Å². The van der Waals surface area contributed by atoms with Crippen LogP contribution in [0.4, 0.5) is 0 Å². The number of hydrogen-bond donors (Lipinski definition) is 1. The molecule has 1 atom stereocenters. The number of methoxy groups -OCH3 is 1. The van der Waals surface area contributed by atoms with Gasteiger partial charge in [-0.25, -0.2) is 4.79 Å². The number of esters is 1. The number of aromatic amines is 1. The van der Waals surface area contributed by atoms with Crippen molar-refractivity contribution in [3.05, 3.63) is 108 Å². The van der Waals surface area contributed by atoms with Gasteiger partial charge >= 0.3 is 5.97 Å². The SMILES string of the molecule is COc1cccc(C=CC(=O)OC(C(=O)c2c[nH]c3ccccc23)c2ccccc2)c1. The molecule has 1 N–H and O–H groups in total. The molecule has 0 spiro atoms. The van der Waals surface area contributed by atoms with E-state index in [1.54, 1.807) is 37.6 Å². The Morgan fingerprint density at radius 1 is 0.935 bits per heavy atom. The van der Waals surface area contributed by atoms with Gasteiger partial charge in [0.15, 0.2) is 6.10 Å². The largest absolute Gasteiger partial charge is 0.497 e. The molecule has 0 aliphatic rings. The molecule has 0 fully saturated rings. The normalized spacial score (nSPS) is 12.0. The van der Waals surface area contributed by atoms with Crippen LogP contribution in [0.5, 0.6) is 5.75 Å². The minimum Gasteiger partial charge on any atom is -0.497 e. The maximum Gasteiger partial charge on any atom is 0.331 e.